The van der Waals surface area contributed by atoms with E-state index in [1.807, 2.05) is 12.1 Å². The van der Waals surface area contributed by atoms with Crippen LogP contribution >= 0.6 is 35.3 Å². The molecule has 0 bridgehead atoms. The molecule has 0 aliphatic heterocycles. The van der Waals surface area contributed by atoms with E-state index >= 15 is 0 Å². The van der Waals surface area contributed by atoms with Gasteiger partial charge in [0.2, 0.25) is 5.75 Å². The summed E-state index contributed by atoms with van der Waals surface area (Å²) in [6.07, 6.45) is 0. The van der Waals surface area contributed by atoms with Gasteiger partial charge in [-0.15, -0.1) is 12.4 Å². The van der Waals surface area contributed by atoms with Gasteiger partial charge in [-0.3, -0.25) is 9.69 Å². The second-order valence-corrected chi connectivity index (χ2v) is 8.40. The first-order valence-corrected chi connectivity index (χ1v) is 11.6. The Morgan fingerprint density at radius 2 is 1.67 bits per heavy atom. The molecule has 7 nitrogen and oxygen atoms in total. The predicted octanol–water partition coefficient (Wildman–Crippen LogP) is 5.39. The number of amides is 1. The summed E-state index contributed by atoms with van der Waals surface area (Å²) in [4.78, 5) is 22.4. The van der Waals surface area contributed by atoms with Crippen molar-refractivity contribution < 1.29 is 19.0 Å². The molecular formula is C23H29Cl2N3O4S. The number of halogens is 2. The molecule has 1 aromatic heterocycles. The van der Waals surface area contributed by atoms with E-state index in [1.54, 1.807) is 23.1 Å². The third-order valence-corrected chi connectivity index (χ3v) is 6.63. The standard InChI is InChI=1S/C23H28ClN3O4S.ClH/c1-6-26(7-2)11-12-27(23-25-20-16(24)9-8-10-19(20)32-23)22(28)15-13-17(29-3)21(31-5)18(14-15)30-4;/h8-10,13-14H,6-7,11-12H2,1-5H3;1H. The minimum absolute atomic E-state index is 0. The maximum absolute atomic E-state index is 13.7. The first kappa shape index (κ1) is 27.0. The number of para-hydroxylation sites is 1. The SMILES string of the molecule is CCN(CC)CCN(C(=O)c1cc(OC)c(OC)c(OC)c1)c1nc2c(Cl)cccc2s1.Cl. The Morgan fingerprint density at radius 3 is 2.18 bits per heavy atom. The van der Waals surface area contributed by atoms with Gasteiger partial charge < -0.3 is 19.1 Å². The van der Waals surface area contributed by atoms with E-state index in [1.165, 1.54) is 32.7 Å². The lowest BCUT2D eigenvalue weighted by atomic mass is 10.1. The van der Waals surface area contributed by atoms with Gasteiger partial charge in [-0.2, -0.15) is 0 Å². The summed E-state index contributed by atoms with van der Waals surface area (Å²) >= 11 is 7.78. The molecule has 3 rings (SSSR count). The number of benzene rings is 2. The molecule has 2 aromatic carbocycles. The Hall–Kier alpha value is -2.26. The van der Waals surface area contributed by atoms with E-state index in [-0.39, 0.29) is 18.3 Å². The quantitative estimate of drug-likeness (QED) is 0.362. The molecule has 0 radical (unpaired) electrons. The number of likely N-dealkylation sites (N-methyl/N-ethyl adjacent to an activating group) is 1. The minimum atomic E-state index is -0.202. The third-order valence-electron chi connectivity index (χ3n) is 5.28. The van der Waals surface area contributed by atoms with Gasteiger partial charge in [0.25, 0.3) is 5.91 Å². The van der Waals surface area contributed by atoms with Crippen LogP contribution in [0.5, 0.6) is 17.2 Å². The number of anilines is 1. The zero-order valence-corrected chi connectivity index (χ0v) is 21.8. The second-order valence-electron chi connectivity index (χ2n) is 6.98. The molecule has 33 heavy (non-hydrogen) atoms. The number of hydrogen-bond acceptors (Lipinski definition) is 7. The lowest BCUT2D eigenvalue weighted by Crippen LogP contribution is -2.38. The van der Waals surface area contributed by atoms with Crippen LogP contribution in [-0.2, 0) is 0 Å². The molecule has 0 spiro atoms. The number of fused-ring (bicyclic) bond motifs is 1. The smallest absolute Gasteiger partial charge is 0.260 e. The Kier molecular flexibility index (Phi) is 10.0. The molecular weight excluding hydrogens is 485 g/mol. The van der Waals surface area contributed by atoms with Crippen LogP contribution < -0.4 is 19.1 Å². The highest BCUT2D eigenvalue weighted by Crippen LogP contribution is 2.39. The Balaban J connectivity index is 0.00000385. The van der Waals surface area contributed by atoms with Crippen molar-refractivity contribution >= 4 is 56.6 Å². The van der Waals surface area contributed by atoms with Crippen LogP contribution in [0, 0.1) is 0 Å². The average Bonchev–Trinajstić information content (AvgIpc) is 3.25. The topological polar surface area (TPSA) is 64.1 Å². The fraction of sp³-hybridized carbons (Fsp3) is 0.391. The number of thiazole rings is 1. The summed E-state index contributed by atoms with van der Waals surface area (Å²) in [6, 6.07) is 8.96. The van der Waals surface area contributed by atoms with Gasteiger partial charge in [0, 0.05) is 18.7 Å². The number of ether oxygens (including phenoxy) is 3. The zero-order chi connectivity index (χ0) is 23.3. The van der Waals surface area contributed by atoms with Crippen molar-refractivity contribution in [2.45, 2.75) is 13.8 Å². The highest BCUT2D eigenvalue weighted by Gasteiger charge is 2.25. The van der Waals surface area contributed by atoms with Gasteiger partial charge in [0.05, 0.1) is 31.1 Å². The molecule has 3 aromatic rings. The van der Waals surface area contributed by atoms with Crippen molar-refractivity contribution in [3.05, 3.63) is 40.9 Å². The van der Waals surface area contributed by atoms with Gasteiger partial charge >= 0.3 is 0 Å². The molecule has 1 heterocycles. The summed E-state index contributed by atoms with van der Waals surface area (Å²) in [5, 5.41) is 1.16. The van der Waals surface area contributed by atoms with E-state index < -0.39 is 0 Å². The zero-order valence-electron chi connectivity index (χ0n) is 19.4. The van der Waals surface area contributed by atoms with E-state index in [9.17, 15) is 4.79 Å². The summed E-state index contributed by atoms with van der Waals surface area (Å²) in [7, 11) is 4.58. The lowest BCUT2D eigenvalue weighted by Gasteiger charge is -2.25. The van der Waals surface area contributed by atoms with E-state index in [2.05, 4.69) is 18.7 Å². The fourth-order valence-corrected chi connectivity index (χ4v) is 4.73. The monoisotopic (exact) mass is 513 g/mol. The number of aromatic nitrogens is 1. The van der Waals surface area contributed by atoms with Crippen LogP contribution in [0.15, 0.2) is 30.3 Å². The second kappa shape index (κ2) is 12.3. The van der Waals surface area contributed by atoms with Crippen LogP contribution in [-0.4, -0.2) is 63.3 Å². The Labute approximate surface area is 209 Å². The van der Waals surface area contributed by atoms with E-state index in [0.717, 1.165) is 17.8 Å². The van der Waals surface area contributed by atoms with Gasteiger partial charge in [0.1, 0.15) is 5.52 Å². The Morgan fingerprint density at radius 1 is 1.03 bits per heavy atom. The largest absolute Gasteiger partial charge is 0.493 e. The van der Waals surface area contributed by atoms with Crippen LogP contribution in [0.2, 0.25) is 5.02 Å². The summed E-state index contributed by atoms with van der Waals surface area (Å²) in [6.45, 7) is 7.20. The molecule has 0 saturated carbocycles. The van der Waals surface area contributed by atoms with Gasteiger partial charge in [-0.25, -0.2) is 4.98 Å². The highest BCUT2D eigenvalue weighted by molar-refractivity contribution is 7.22. The molecule has 0 saturated heterocycles. The summed E-state index contributed by atoms with van der Waals surface area (Å²) < 4.78 is 17.2. The third kappa shape index (κ3) is 5.81. The molecule has 1 amide bonds. The van der Waals surface area contributed by atoms with E-state index in [4.69, 9.17) is 30.8 Å². The number of methoxy groups -OCH3 is 3. The Bertz CT molecular complexity index is 1060. The maximum Gasteiger partial charge on any atom is 0.260 e. The maximum atomic E-state index is 13.7. The van der Waals surface area contributed by atoms with Crippen molar-refractivity contribution in [2.75, 3.05) is 52.4 Å². The lowest BCUT2D eigenvalue weighted by molar-refractivity contribution is 0.0983. The van der Waals surface area contributed by atoms with Crippen molar-refractivity contribution in [2.24, 2.45) is 0 Å². The normalized spacial score (nSPS) is 10.8. The van der Waals surface area contributed by atoms with Crippen LogP contribution in [0.25, 0.3) is 10.2 Å². The van der Waals surface area contributed by atoms with Crippen LogP contribution in [0.3, 0.4) is 0 Å². The first-order valence-electron chi connectivity index (χ1n) is 10.4. The molecule has 10 heteroatoms. The van der Waals surface area contributed by atoms with Crippen LogP contribution in [0.4, 0.5) is 5.13 Å². The van der Waals surface area contributed by atoms with Gasteiger partial charge in [-0.05, 0) is 37.4 Å². The predicted molar refractivity (Wildman–Crippen MR) is 137 cm³/mol. The number of hydrogen-bond donors (Lipinski definition) is 0. The molecule has 0 unspecified atom stereocenters. The van der Waals surface area contributed by atoms with Crippen LogP contribution in [0.1, 0.15) is 24.2 Å². The molecule has 0 fully saturated rings. The average molecular weight is 514 g/mol. The fourth-order valence-electron chi connectivity index (χ4n) is 3.44. The molecule has 0 aliphatic rings. The number of rotatable bonds is 10. The number of carbonyl (C=O) groups is 1. The molecule has 0 atom stereocenters. The molecule has 0 N–H and O–H groups in total. The number of carbonyl (C=O) groups excluding carboxylic acids is 1. The molecule has 180 valence electrons. The van der Waals surface area contributed by atoms with Crippen molar-refractivity contribution in [1.29, 1.82) is 0 Å². The van der Waals surface area contributed by atoms with Gasteiger partial charge in [-0.1, -0.05) is 42.9 Å². The van der Waals surface area contributed by atoms with Crippen molar-refractivity contribution in [1.82, 2.24) is 9.88 Å². The summed E-state index contributed by atoms with van der Waals surface area (Å²) in [5.74, 6) is 1.08. The number of nitrogens with zero attached hydrogens (tertiary/aromatic N) is 3. The highest BCUT2D eigenvalue weighted by atomic mass is 35.5. The van der Waals surface area contributed by atoms with Crippen molar-refractivity contribution in [3.8, 4) is 17.2 Å². The van der Waals surface area contributed by atoms with Crippen molar-refractivity contribution in [3.63, 3.8) is 0 Å². The van der Waals surface area contributed by atoms with E-state index in [0.29, 0.717) is 51.6 Å². The first-order chi connectivity index (χ1) is 15.5. The summed E-state index contributed by atoms with van der Waals surface area (Å²) in [5.41, 5.74) is 1.11. The molecule has 0 aliphatic carbocycles. The minimum Gasteiger partial charge on any atom is -0.493 e. The van der Waals surface area contributed by atoms with Gasteiger partial charge in [0.15, 0.2) is 16.6 Å².